The third-order valence-electron chi connectivity index (χ3n) is 2.63. The Hall–Kier alpha value is -1.41. The minimum atomic E-state index is 0.369. The molecule has 17 heavy (non-hydrogen) atoms. The molecule has 0 saturated heterocycles. The second-order valence-electron chi connectivity index (χ2n) is 4.20. The van der Waals surface area contributed by atoms with Crippen molar-refractivity contribution < 1.29 is 9.15 Å². The molecule has 2 nitrogen and oxygen atoms in total. The summed E-state index contributed by atoms with van der Waals surface area (Å²) in [6.45, 7) is 4.19. The molecule has 0 aliphatic rings. The predicted octanol–water partition coefficient (Wildman–Crippen LogP) is 4.73. The summed E-state index contributed by atoms with van der Waals surface area (Å²) in [7, 11) is 1.63. The van der Waals surface area contributed by atoms with E-state index in [-0.39, 0.29) is 0 Å². The van der Waals surface area contributed by atoms with Crippen LogP contribution in [0.4, 0.5) is 0 Å². The van der Waals surface area contributed by atoms with Gasteiger partial charge in [0.1, 0.15) is 17.3 Å². The van der Waals surface area contributed by atoms with Gasteiger partial charge in [-0.25, -0.2) is 0 Å². The average molecular weight is 251 g/mol. The van der Waals surface area contributed by atoms with Gasteiger partial charge in [-0.05, 0) is 30.3 Å². The third-order valence-corrected chi connectivity index (χ3v) is 2.96. The van der Waals surface area contributed by atoms with Crippen LogP contribution in [-0.2, 0) is 0 Å². The molecule has 0 bridgehead atoms. The normalized spacial score (nSPS) is 10.9. The van der Waals surface area contributed by atoms with E-state index in [2.05, 4.69) is 13.8 Å². The Morgan fingerprint density at radius 2 is 1.94 bits per heavy atom. The van der Waals surface area contributed by atoms with E-state index in [0.717, 1.165) is 22.8 Å². The van der Waals surface area contributed by atoms with E-state index < -0.39 is 0 Å². The van der Waals surface area contributed by atoms with Crippen LogP contribution in [0, 0.1) is 0 Å². The first-order chi connectivity index (χ1) is 8.11. The van der Waals surface area contributed by atoms with Crippen molar-refractivity contribution >= 4 is 11.6 Å². The average Bonchev–Trinajstić information content (AvgIpc) is 2.79. The highest BCUT2D eigenvalue weighted by atomic mass is 35.5. The molecule has 0 atom stereocenters. The molecule has 0 aliphatic carbocycles. The SMILES string of the molecule is COc1ccc(Cl)c(-c2ccc(C(C)C)o2)c1. The Labute approximate surface area is 106 Å². The lowest BCUT2D eigenvalue weighted by Gasteiger charge is -2.05. The topological polar surface area (TPSA) is 22.4 Å². The zero-order valence-electron chi connectivity index (χ0n) is 10.2. The maximum atomic E-state index is 6.16. The van der Waals surface area contributed by atoms with Gasteiger partial charge in [0.25, 0.3) is 0 Å². The molecular weight excluding hydrogens is 236 g/mol. The molecule has 0 fully saturated rings. The van der Waals surface area contributed by atoms with E-state index in [1.807, 2.05) is 30.3 Å². The van der Waals surface area contributed by atoms with Gasteiger partial charge in [-0.15, -0.1) is 0 Å². The van der Waals surface area contributed by atoms with Crippen LogP contribution in [0.25, 0.3) is 11.3 Å². The first-order valence-electron chi connectivity index (χ1n) is 5.55. The molecule has 90 valence electrons. The van der Waals surface area contributed by atoms with Crippen LogP contribution >= 0.6 is 11.6 Å². The highest BCUT2D eigenvalue weighted by Crippen LogP contribution is 2.33. The summed E-state index contributed by atoms with van der Waals surface area (Å²) in [6.07, 6.45) is 0. The fraction of sp³-hybridized carbons (Fsp3) is 0.286. The van der Waals surface area contributed by atoms with Crippen molar-refractivity contribution in [2.75, 3.05) is 7.11 Å². The minimum Gasteiger partial charge on any atom is -0.497 e. The Morgan fingerprint density at radius 3 is 2.53 bits per heavy atom. The van der Waals surface area contributed by atoms with Crippen LogP contribution in [0.1, 0.15) is 25.5 Å². The van der Waals surface area contributed by atoms with E-state index in [1.54, 1.807) is 7.11 Å². The molecule has 0 saturated carbocycles. The summed E-state index contributed by atoms with van der Waals surface area (Å²) < 4.78 is 11.0. The number of furan rings is 1. The van der Waals surface area contributed by atoms with E-state index >= 15 is 0 Å². The first kappa shape index (κ1) is 12.1. The highest BCUT2D eigenvalue weighted by Gasteiger charge is 2.11. The number of hydrogen-bond acceptors (Lipinski definition) is 2. The van der Waals surface area contributed by atoms with Crippen molar-refractivity contribution in [3.8, 4) is 17.1 Å². The van der Waals surface area contributed by atoms with Gasteiger partial charge in [0.2, 0.25) is 0 Å². The molecule has 0 unspecified atom stereocenters. The van der Waals surface area contributed by atoms with Gasteiger partial charge in [0.15, 0.2) is 0 Å². The fourth-order valence-corrected chi connectivity index (χ4v) is 1.84. The second kappa shape index (κ2) is 4.84. The summed E-state index contributed by atoms with van der Waals surface area (Å²) in [6, 6.07) is 9.45. The van der Waals surface area contributed by atoms with Gasteiger partial charge < -0.3 is 9.15 Å². The number of halogens is 1. The minimum absolute atomic E-state index is 0.369. The molecule has 1 aromatic carbocycles. The number of benzene rings is 1. The maximum Gasteiger partial charge on any atom is 0.135 e. The largest absolute Gasteiger partial charge is 0.497 e. The molecule has 0 spiro atoms. The number of ether oxygens (including phenoxy) is 1. The fourth-order valence-electron chi connectivity index (χ4n) is 1.63. The van der Waals surface area contributed by atoms with E-state index in [4.69, 9.17) is 20.8 Å². The number of rotatable bonds is 3. The van der Waals surface area contributed by atoms with E-state index in [9.17, 15) is 0 Å². The number of methoxy groups -OCH3 is 1. The second-order valence-corrected chi connectivity index (χ2v) is 4.61. The van der Waals surface area contributed by atoms with Gasteiger partial charge in [-0.2, -0.15) is 0 Å². The summed E-state index contributed by atoms with van der Waals surface area (Å²) in [5.41, 5.74) is 0.859. The van der Waals surface area contributed by atoms with E-state index in [0.29, 0.717) is 10.9 Å². The Balaban J connectivity index is 2.44. The van der Waals surface area contributed by atoms with Gasteiger partial charge in [-0.3, -0.25) is 0 Å². The molecule has 0 aliphatic heterocycles. The van der Waals surface area contributed by atoms with E-state index in [1.165, 1.54) is 0 Å². The summed E-state index contributed by atoms with van der Waals surface area (Å²) in [5, 5.41) is 0.662. The Kier molecular flexibility index (Phi) is 3.43. The summed E-state index contributed by atoms with van der Waals surface area (Å²) >= 11 is 6.16. The highest BCUT2D eigenvalue weighted by molar-refractivity contribution is 6.33. The molecule has 0 radical (unpaired) electrons. The molecule has 0 N–H and O–H groups in total. The lowest BCUT2D eigenvalue weighted by molar-refractivity contribution is 0.414. The van der Waals surface area contributed by atoms with Gasteiger partial charge >= 0.3 is 0 Å². The molecule has 2 aromatic rings. The zero-order valence-corrected chi connectivity index (χ0v) is 10.9. The maximum absolute atomic E-state index is 6.16. The van der Waals surface area contributed by atoms with Crippen molar-refractivity contribution in [2.24, 2.45) is 0 Å². The summed E-state index contributed by atoms with van der Waals surface area (Å²) in [4.78, 5) is 0. The number of hydrogen-bond donors (Lipinski definition) is 0. The third kappa shape index (κ3) is 2.47. The van der Waals surface area contributed by atoms with Gasteiger partial charge in [0, 0.05) is 11.5 Å². The molecule has 0 amide bonds. The lowest BCUT2D eigenvalue weighted by atomic mass is 10.1. The van der Waals surface area contributed by atoms with Crippen molar-refractivity contribution in [3.05, 3.63) is 41.1 Å². The van der Waals surface area contributed by atoms with Crippen LogP contribution in [0.3, 0.4) is 0 Å². The Morgan fingerprint density at radius 1 is 1.18 bits per heavy atom. The van der Waals surface area contributed by atoms with Crippen LogP contribution in [0.15, 0.2) is 34.7 Å². The molecule has 1 heterocycles. The van der Waals surface area contributed by atoms with Gasteiger partial charge in [-0.1, -0.05) is 25.4 Å². The molecule has 1 aromatic heterocycles. The Bertz CT molecular complexity index is 515. The van der Waals surface area contributed by atoms with Crippen molar-refractivity contribution in [2.45, 2.75) is 19.8 Å². The van der Waals surface area contributed by atoms with Crippen molar-refractivity contribution in [3.63, 3.8) is 0 Å². The smallest absolute Gasteiger partial charge is 0.135 e. The molecule has 2 rings (SSSR count). The molecule has 3 heteroatoms. The monoisotopic (exact) mass is 250 g/mol. The zero-order chi connectivity index (χ0) is 12.4. The van der Waals surface area contributed by atoms with Crippen molar-refractivity contribution in [1.29, 1.82) is 0 Å². The standard InChI is InChI=1S/C14H15ClO2/c1-9(2)13-6-7-14(17-13)11-8-10(16-3)4-5-12(11)15/h4-9H,1-3H3. The van der Waals surface area contributed by atoms with Crippen molar-refractivity contribution in [1.82, 2.24) is 0 Å². The van der Waals surface area contributed by atoms with Crippen LogP contribution in [0.5, 0.6) is 5.75 Å². The predicted molar refractivity (Wildman–Crippen MR) is 69.8 cm³/mol. The first-order valence-corrected chi connectivity index (χ1v) is 5.93. The van der Waals surface area contributed by atoms with Gasteiger partial charge in [0.05, 0.1) is 12.1 Å². The quantitative estimate of drug-likeness (QED) is 0.786. The summed E-state index contributed by atoms with van der Waals surface area (Å²) in [5.74, 6) is 2.87. The van der Waals surface area contributed by atoms with Crippen LogP contribution in [-0.4, -0.2) is 7.11 Å². The van der Waals surface area contributed by atoms with Crippen LogP contribution < -0.4 is 4.74 Å². The lowest BCUT2D eigenvalue weighted by Crippen LogP contribution is -1.84. The van der Waals surface area contributed by atoms with Crippen LogP contribution in [0.2, 0.25) is 5.02 Å². The molecular formula is C14H15ClO2.